The molecular formula is C16H24ClN3O4S. The molecule has 0 aliphatic carbocycles. The molecule has 0 bridgehead atoms. The Bertz CT molecular complexity index is 701. The summed E-state index contributed by atoms with van der Waals surface area (Å²) in [6.45, 7) is 6.09. The summed E-state index contributed by atoms with van der Waals surface area (Å²) in [7, 11) is -3.74. The summed E-state index contributed by atoms with van der Waals surface area (Å²) in [5, 5.41) is 0.523. The third kappa shape index (κ3) is 6.37. The van der Waals surface area contributed by atoms with E-state index in [0.717, 1.165) is 12.8 Å². The van der Waals surface area contributed by atoms with Crippen LogP contribution in [0.1, 0.15) is 33.6 Å². The van der Waals surface area contributed by atoms with Gasteiger partial charge in [-0.2, -0.15) is 13.1 Å². The molecule has 0 radical (unpaired) electrons. The molecule has 1 heterocycles. The van der Waals surface area contributed by atoms with E-state index in [2.05, 4.69) is 9.44 Å². The van der Waals surface area contributed by atoms with E-state index in [1.54, 1.807) is 49.9 Å². The molecule has 25 heavy (non-hydrogen) atoms. The molecule has 1 amide bonds. The molecule has 0 saturated carbocycles. The number of hydrogen-bond acceptors (Lipinski definition) is 4. The molecule has 2 rings (SSSR count). The minimum atomic E-state index is -3.74. The second-order valence-corrected chi connectivity index (χ2v) is 8.87. The van der Waals surface area contributed by atoms with Crippen molar-refractivity contribution in [2.45, 2.75) is 45.3 Å². The number of carbonyl (C=O) groups is 1. The number of rotatable bonds is 5. The Hall–Kier alpha value is -1.51. The van der Waals surface area contributed by atoms with Gasteiger partial charge in [0.2, 0.25) is 0 Å². The summed E-state index contributed by atoms with van der Waals surface area (Å²) in [5.41, 5.74) is -0.174. The number of halogens is 1. The molecule has 7 nitrogen and oxygen atoms in total. The van der Waals surface area contributed by atoms with Gasteiger partial charge in [0.05, 0.1) is 0 Å². The number of benzene rings is 1. The molecule has 1 aromatic carbocycles. The first-order valence-corrected chi connectivity index (χ1v) is 9.94. The van der Waals surface area contributed by atoms with Gasteiger partial charge in [-0.3, -0.25) is 4.72 Å². The van der Waals surface area contributed by atoms with Crippen molar-refractivity contribution >= 4 is 33.6 Å². The third-order valence-electron chi connectivity index (χ3n) is 3.61. The van der Waals surface area contributed by atoms with Crippen molar-refractivity contribution in [3.8, 4) is 0 Å². The Morgan fingerprint density at radius 2 is 1.96 bits per heavy atom. The Labute approximate surface area is 153 Å². The van der Waals surface area contributed by atoms with Gasteiger partial charge in [0.15, 0.2) is 0 Å². The fourth-order valence-electron chi connectivity index (χ4n) is 2.52. The Morgan fingerprint density at radius 3 is 2.56 bits per heavy atom. The summed E-state index contributed by atoms with van der Waals surface area (Å²) in [4.78, 5) is 13.8. The van der Waals surface area contributed by atoms with E-state index in [1.807, 2.05) is 0 Å². The Kier molecular flexibility index (Phi) is 6.18. The number of hydrogen-bond donors (Lipinski definition) is 2. The van der Waals surface area contributed by atoms with E-state index >= 15 is 0 Å². The van der Waals surface area contributed by atoms with Crippen LogP contribution in [0.15, 0.2) is 24.3 Å². The lowest BCUT2D eigenvalue weighted by Gasteiger charge is -2.28. The fraction of sp³-hybridized carbons (Fsp3) is 0.562. The fourth-order valence-corrected chi connectivity index (χ4v) is 3.58. The maximum absolute atomic E-state index is 12.2. The summed E-state index contributed by atoms with van der Waals surface area (Å²) in [5.74, 6) is 0. The van der Waals surface area contributed by atoms with Crippen LogP contribution in [0.5, 0.6) is 0 Å². The highest BCUT2D eigenvalue weighted by molar-refractivity contribution is 7.90. The van der Waals surface area contributed by atoms with Gasteiger partial charge in [-0.1, -0.05) is 11.6 Å². The Morgan fingerprint density at radius 1 is 1.32 bits per heavy atom. The van der Waals surface area contributed by atoms with E-state index < -0.39 is 21.9 Å². The van der Waals surface area contributed by atoms with E-state index in [4.69, 9.17) is 16.3 Å². The highest BCUT2D eigenvalue weighted by Gasteiger charge is 2.32. The molecule has 1 atom stereocenters. The summed E-state index contributed by atoms with van der Waals surface area (Å²) in [6.07, 6.45) is 1.12. The van der Waals surface area contributed by atoms with Gasteiger partial charge in [0.1, 0.15) is 5.60 Å². The normalized spacial score (nSPS) is 18.2. The molecule has 1 saturated heterocycles. The van der Waals surface area contributed by atoms with Crippen molar-refractivity contribution in [3.05, 3.63) is 29.3 Å². The van der Waals surface area contributed by atoms with Gasteiger partial charge in [-0.05, 0) is 57.9 Å². The molecule has 9 heteroatoms. The predicted octanol–water partition coefficient (Wildman–Crippen LogP) is 2.99. The zero-order valence-corrected chi connectivity index (χ0v) is 16.2. The predicted molar refractivity (Wildman–Crippen MR) is 98.0 cm³/mol. The topological polar surface area (TPSA) is 87.7 Å². The summed E-state index contributed by atoms with van der Waals surface area (Å²) < 4.78 is 34.6. The van der Waals surface area contributed by atoms with Crippen molar-refractivity contribution in [1.82, 2.24) is 9.62 Å². The molecule has 2 N–H and O–H groups in total. The van der Waals surface area contributed by atoms with Gasteiger partial charge < -0.3 is 9.64 Å². The third-order valence-corrected chi connectivity index (χ3v) is 4.91. The first-order valence-electron chi connectivity index (χ1n) is 8.08. The molecule has 0 aromatic heterocycles. The lowest BCUT2D eigenvalue weighted by Crippen LogP contribution is -2.46. The lowest BCUT2D eigenvalue weighted by atomic mass is 10.2. The highest BCUT2D eigenvalue weighted by Crippen LogP contribution is 2.21. The molecule has 0 spiro atoms. The van der Waals surface area contributed by atoms with Crippen molar-refractivity contribution in [1.29, 1.82) is 0 Å². The van der Waals surface area contributed by atoms with Crippen LogP contribution in [0.25, 0.3) is 0 Å². The Balaban J connectivity index is 1.92. The smallest absolute Gasteiger partial charge is 0.410 e. The number of ether oxygens (including phenoxy) is 1. The monoisotopic (exact) mass is 389 g/mol. The molecule has 1 fully saturated rings. The zero-order valence-electron chi connectivity index (χ0n) is 14.6. The second-order valence-electron chi connectivity index (χ2n) is 6.93. The SMILES string of the molecule is CC(C)(C)OC(=O)N1CCC[C@H]1CNS(=O)(=O)Nc1ccc(Cl)cc1. The number of nitrogens with one attached hydrogen (secondary N) is 2. The standard InChI is InChI=1S/C16H24ClN3O4S/c1-16(2,3)24-15(21)20-10-4-5-14(20)11-18-25(22,23)19-13-8-6-12(17)7-9-13/h6-9,14,18-19H,4-5,10-11H2,1-3H3/t14-/m0/s1. The number of amides is 1. The first kappa shape index (κ1) is 19.8. The van der Waals surface area contributed by atoms with Crippen LogP contribution in [0.2, 0.25) is 5.02 Å². The highest BCUT2D eigenvalue weighted by atomic mass is 35.5. The first-order chi connectivity index (χ1) is 11.6. The van der Waals surface area contributed by atoms with E-state index in [0.29, 0.717) is 17.3 Å². The van der Waals surface area contributed by atoms with Crippen molar-refractivity contribution in [2.24, 2.45) is 0 Å². The lowest BCUT2D eigenvalue weighted by molar-refractivity contribution is 0.0229. The average molecular weight is 390 g/mol. The summed E-state index contributed by atoms with van der Waals surface area (Å²) >= 11 is 5.78. The average Bonchev–Trinajstić information content (AvgIpc) is 2.94. The van der Waals surface area contributed by atoms with Gasteiger partial charge in [-0.25, -0.2) is 4.79 Å². The van der Waals surface area contributed by atoms with Gasteiger partial charge >= 0.3 is 6.09 Å². The van der Waals surface area contributed by atoms with Crippen LogP contribution >= 0.6 is 11.6 Å². The number of carbonyl (C=O) groups excluding carboxylic acids is 1. The maximum atomic E-state index is 12.2. The van der Waals surface area contributed by atoms with E-state index in [-0.39, 0.29) is 12.6 Å². The molecule has 140 valence electrons. The minimum Gasteiger partial charge on any atom is -0.444 e. The molecule has 1 aliphatic rings. The van der Waals surface area contributed by atoms with Crippen LogP contribution < -0.4 is 9.44 Å². The largest absolute Gasteiger partial charge is 0.444 e. The van der Waals surface area contributed by atoms with Gasteiger partial charge in [0.25, 0.3) is 10.2 Å². The molecular weight excluding hydrogens is 366 g/mol. The minimum absolute atomic E-state index is 0.127. The number of nitrogens with zero attached hydrogens (tertiary/aromatic N) is 1. The summed E-state index contributed by atoms with van der Waals surface area (Å²) in [6, 6.07) is 6.12. The quantitative estimate of drug-likeness (QED) is 0.810. The molecule has 0 unspecified atom stereocenters. The number of likely N-dealkylation sites (tertiary alicyclic amines) is 1. The zero-order chi connectivity index (χ0) is 18.7. The molecule has 1 aliphatic heterocycles. The van der Waals surface area contributed by atoms with Crippen molar-refractivity contribution in [2.75, 3.05) is 17.8 Å². The van der Waals surface area contributed by atoms with E-state index in [9.17, 15) is 13.2 Å². The van der Waals surface area contributed by atoms with Crippen LogP contribution in [0, 0.1) is 0 Å². The van der Waals surface area contributed by atoms with Crippen LogP contribution in [-0.4, -0.2) is 44.1 Å². The van der Waals surface area contributed by atoms with Crippen molar-refractivity contribution < 1.29 is 17.9 Å². The maximum Gasteiger partial charge on any atom is 0.410 e. The molecule has 1 aromatic rings. The van der Waals surface area contributed by atoms with Crippen LogP contribution in [0.3, 0.4) is 0 Å². The van der Waals surface area contributed by atoms with Gasteiger partial charge in [-0.15, -0.1) is 0 Å². The van der Waals surface area contributed by atoms with Gasteiger partial charge in [0, 0.05) is 29.8 Å². The van der Waals surface area contributed by atoms with E-state index in [1.165, 1.54) is 0 Å². The van der Waals surface area contributed by atoms with Crippen LogP contribution in [-0.2, 0) is 14.9 Å². The van der Waals surface area contributed by atoms with Crippen molar-refractivity contribution in [3.63, 3.8) is 0 Å². The number of anilines is 1. The van der Waals surface area contributed by atoms with Crippen LogP contribution in [0.4, 0.5) is 10.5 Å². The second kappa shape index (κ2) is 7.80.